The summed E-state index contributed by atoms with van der Waals surface area (Å²) in [5.74, 6) is -1.57. The number of imide groups is 1. The summed E-state index contributed by atoms with van der Waals surface area (Å²) in [7, 11) is 0. The first-order chi connectivity index (χ1) is 14.5. The maximum Gasteiger partial charge on any atom is 0.339 e. The van der Waals surface area contributed by atoms with Crippen LogP contribution in [0.1, 0.15) is 41.8 Å². The van der Waals surface area contributed by atoms with Gasteiger partial charge in [0.15, 0.2) is 0 Å². The van der Waals surface area contributed by atoms with Crippen LogP contribution in [0.15, 0.2) is 54.6 Å². The largest absolute Gasteiger partial charge is 0.444 e. The Bertz CT molecular complexity index is 941. The van der Waals surface area contributed by atoms with Crippen molar-refractivity contribution in [3.8, 4) is 0 Å². The van der Waals surface area contributed by atoms with Crippen LogP contribution in [0.2, 0.25) is 0 Å². The van der Waals surface area contributed by atoms with Crippen LogP contribution in [0, 0.1) is 5.92 Å². The number of nitrogens with one attached hydrogen (secondary N) is 3. The quantitative estimate of drug-likeness (QED) is 0.609. The summed E-state index contributed by atoms with van der Waals surface area (Å²) < 4.78 is 5.44. The van der Waals surface area contributed by atoms with Crippen molar-refractivity contribution in [1.29, 1.82) is 0 Å². The van der Waals surface area contributed by atoms with E-state index in [0.29, 0.717) is 17.8 Å². The van der Waals surface area contributed by atoms with Crippen molar-refractivity contribution in [1.82, 2.24) is 10.6 Å². The molecule has 0 radical (unpaired) electrons. The molecule has 30 heavy (non-hydrogen) atoms. The van der Waals surface area contributed by atoms with Crippen molar-refractivity contribution in [2.75, 3.05) is 11.9 Å². The van der Waals surface area contributed by atoms with E-state index in [4.69, 9.17) is 4.74 Å². The highest BCUT2D eigenvalue weighted by Gasteiger charge is 2.30. The number of amides is 4. The second-order valence-electron chi connectivity index (χ2n) is 6.89. The summed E-state index contributed by atoms with van der Waals surface area (Å²) in [4.78, 5) is 49.0. The third-order valence-corrected chi connectivity index (χ3v) is 4.45. The monoisotopic (exact) mass is 409 g/mol. The fraction of sp³-hybridized carbons (Fsp3) is 0.273. The van der Waals surface area contributed by atoms with Crippen LogP contribution >= 0.6 is 0 Å². The molecule has 3 rings (SSSR count). The fourth-order valence-corrected chi connectivity index (χ4v) is 2.77. The minimum Gasteiger partial charge on any atom is -0.444 e. The average Bonchev–Trinajstić information content (AvgIpc) is 3.58. The Morgan fingerprint density at radius 2 is 1.77 bits per heavy atom. The van der Waals surface area contributed by atoms with Gasteiger partial charge in [0.05, 0.1) is 5.56 Å². The van der Waals surface area contributed by atoms with Gasteiger partial charge in [0.1, 0.15) is 0 Å². The van der Waals surface area contributed by atoms with Crippen LogP contribution in [0.5, 0.6) is 0 Å². The molecule has 156 valence electrons. The molecule has 1 fully saturated rings. The van der Waals surface area contributed by atoms with E-state index in [2.05, 4.69) is 16.0 Å². The topological polar surface area (TPSA) is 114 Å². The lowest BCUT2D eigenvalue weighted by Gasteiger charge is -2.18. The average molecular weight is 409 g/mol. The van der Waals surface area contributed by atoms with Crippen LogP contribution in [-0.4, -0.2) is 30.4 Å². The van der Waals surface area contributed by atoms with Crippen molar-refractivity contribution in [2.45, 2.75) is 25.9 Å². The normalized spacial score (nSPS) is 13.6. The maximum atomic E-state index is 12.7. The van der Waals surface area contributed by atoms with E-state index in [1.165, 1.54) is 12.1 Å². The highest BCUT2D eigenvalue weighted by atomic mass is 16.5. The molecule has 1 unspecified atom stereocenters. The molecule has 0 saturated heterocycles. The zero-order valence-electron chi connectivity index (χ0n) is 16.5. The van der Waals surface area contributed by atoms with Crippen LogP contribution in [-0.2, 0) is 14.3 Å². The lowest BCUT2D eigenvalue weighted by molar-refractivity contribution is -0.129. The van der Waals surface area contributed by atoms with E-state index in [9.17, 15) is 19.2 Å². The van der Waals surface area contributed by atoms with Crippen LogP contribution in [0.25, 0.3) is 0 Å². The van der Waals surface area contributed by atoms with Crippen LogP contribution in [0.3, 0.4) is 0 Å². The number of carbonyl (C=O) groups excluding carboxylic acids is 4. The van der Waals surface area contributed by atoms with Gasteiger partial charge in [-0.05, 0) is 38.0 Å². The Labute approximate surface area is 174 Å². The molecule has 4 amide bonds. The molecule has 0 spiro atoms. The molecule has 0 aliphatic heterocycles. The van der Waals surface area contributed by atoms with E-state index < -0.39 is 24.0 Å². The minimum absolute atomic E-state index is 0.0287. The van der Waals surface area contributed by atoms with Crippen molar-refractivity contribution >= 4 is 29.5 Å². The van der Waals surface area contributed by atoms with Crippen molar-refractivity contribution < 1.29 is 23.9 Å². The second kappa shape index (κ2) is 9.69. The van der Waals surface area contributed by atoms with Crippen LogP contribution < -0.4 is 16.0 Å². The summed E-state index contributed by atoms with van der Waals surface area (Å²) in [6.45, 7) is 2.06. The Hall–Kier alpha value is -3.68. The second-order valence-corrected chi connectivity index (χ2v) is 6.89. The van der Waals surface area contributed by atoms with Gasteiger partial charge in [-0.15, -0.1) is 0 Å². The third kappa shape index (κ3) is 5.66. The summed E-state index contributed by atoms with van der Waals surface area (Å²) in [6.07, 6.45) is 0.422. The first-order valence-corrected chi connectivity index (χ1v) is 9.73. The van der Waals surface area contributed by atoms with E-state index >= 15 is 0 Å². The Kier molecular flexibility index (Phi) is 6.79. The molecule has 0 aromatic heterocycles. The minimum atomic E-state index is -1.31. The van der Waals surface area contributed by atoms with E-state index in [-0.39, 0.29) is 17.4 Å². The highest BCUT2D eigenvalue weighted by Crippen LogP contribution is 2.30. The van der Waals surface area contributed by atoms with Gasteiger partial charge < -0.3 is 15.4 Å². The molecular weight excluding hydrogens is 386 g/mol. The SMILES string of the molecule is CCNC(=O)NC(=O)C(OC(=O)c1cccc(NC(=O)C2CC2)c1)c1ccccc1. The van der Waals surface area contributed by atoms with Gasteiger partial charge in [0, 0.05) is 23.7 Å². The summed E-state index contributed by atoms with van der Waals surface area (Å²) in [5.41, 5.74) is 1.07. The molecule has 0 bridgehead atoms. The molecular formula is C22H23N3O5. The summed E-state index contributed by atoms with van der Waals surface area (Å²) >= 11 is 0. The predicted octanol–water partition coefficient (Wildman–Crippen LogP) is 2.78. The standard InChI is InChI=1S/C22H23N3O5/c1-2-23-22(29)25-20(27)18(14-7-4-3-5-8-14)30-21(28)16-9-6-10-17(13-16)24-19(26)15-11-12-15/h3-10,13,15,18H,2,11-12H2,1H3,(H,24,26)(H2,23,25,27,29). The zero-order chi connectivity index (χ0) is 21.5. The van der Waals surface area contributed by atoms with Gasteiger partial charge in [-0.2, -0.15) is 0 Å². The molecule has 8 nitrogen and oxygen atoms in total. The van der Waals surface area contributed by atoms with Gasteiger partial charge in [-0.1, -0.05) is 36.4 Å². The number of esters is 1. The molecule has 1 saturated carbocycles. The number of rotatable bonds is 7. The van der Waals surface area contributed by atoms with Crippen molar-refractivity contribution in [2.24, 2.45) is 5.92 Å². The number of benzene rings is 2. The Morgan fingerprint density at radius 3 is 2.43 bits per heavy atom. The maximum absolute atomic E-state index is 12.7. The Balaban J connectivity index is 1.75. The summed E-state index contributed by atoms with van der Waals surface area (Å²) in [6, 6.07) is 14.0. The number of hydrogen-bond donors (Lipinski definition) is 3. The first-order valence-electron chi connectivity index (χ1n) is 9.73. The fourth-order valence-electron chi connectivity index (χ4n) is 2.77. The van der Waals surface area contributed by atoms with E-state index in [1.54, 1.807) is 49.4 Å². The van der Waals surface area contributed by atoms with Gasteiger partial charge in [-0.3, -0.25) is 14.9 Å². The number of anilines is 1. The molecule has 2 aromatic rings. The highest BCUT2D eigenvalue weighted by molar-refractivity contribution is 6.00. The van der Waals surface area contributed by atoms with Gasteiger partial charge in [0.25, 0.3) is 5.91 Å². The van der Waals surface area contributed by atoms with Gasteiger partial charge in [-0.25, -0.2) is 9.59 Å². The van der Waals surface area contributed by atoms with Gasteiger partial charge in [0.2, 0.25) is 12.0 Å². The van der Waals surface area contributed by atoms with Crippen LogP contribution in [0.4, 0.5) is 10.5 Å². The van der Waals surface area contributed by atoms with Gasteiger partial charge >= 0.3 is 12.0 Å². The number of hydrogen-bond acceptors (Lipinski definition) is 5. The summed E-state index contributed by atoms with van der Waals surface area (Å²) in [5, 5.41) is 7.39. The molecule has 1 atom stereocenters. The van der Waals surface area contributed by atoms with Crippen molar-refractivity contribution in [3.63, 3.8) is 0 Å². The van der Waals surface area contributed by atoms with E-state index in [1.807, 2.05) is 0 Å². The molecule has 0 heterocycles. The smallest absolute Gasteiger partial charge is 0.339 e. The molecule has 1 aliphatic rings. The number of urea groups is 1. The molecule has 3 N–H and O–H groups in total. The lowest BCUT2D eigenvalue weighted by atomic mass is 10.1. The lowest BCUT2D eigenvalue weighted by Crippen LogP contribution is -2.42. The van der Waals surface area contributed by atoms with Crippen molar-refractivity contribution in [3.05, 3.63) is 65.7 Å². The molecule has 1 aliphatic carbocycles. The molecule has 2 aromatic carbocycles. The number of ether oxygens (including phenoxy) is 1. The first kappa shape index (κ1) is 21.0. The molecule has 8 heteroatoms. The Morgan fingerprint density at radius 1 is 1.03 bits per heavy atom. The third-order valence-electron chi connectivity index (χ3n) is 4.45. The number of carbonyl (C=O) groups is 4. The zero-order valence-corrected chi connectivity index (χ0v) is 16.5. The van der Waals surface area contributed by atoms with E-state index in [0.717, 1.165) is 12.8 Å². The predicted molar refractivity (Wildman–Crippen MR) is 110 cm³/mol.